The number of imidazole rings is 1. The van der Waals surface area contributed by atoms with E-state index in [1.54, 1.807) is 11.1 Å². The number of aromatic amines is 1. The van der Waals surface area contributed by atoms with E-state index in [2.05, 4.69) is 22.2 Å². The molecule has 2 rings (SSSR count). The molecule has 1 aromatic heterocycles. The second-order valence-corrected chi connectivity index (χ2v) is 6.62. The van der Waals surface area contributed by atoms with Crippen LogP contribution in [-0.4, -0.2) is 61.6 Å². The summed E-state index contributed by atoms with van der Waals surface area (Å²) in [5.74, 6) is -0.179. The average Bonchev–Trinajstić information content (AvgIpc) is 2.93. The Bertz CT molecular complexity index is 494. The molecule has 0 saturated carbocycles. The number of aromatic nitrogens is 2. The van der Waals surface area contributed by atoms with Crippen LogP contribution in [0.4, 0.5) is 4.79 Å². The predicted molar refractivity (Wildman–Crippen MR) is 80.3 cm³/mol. The summed E-state index contributed by atoms with van der Waals surface area (Å²) in [7, 11) is 0. The third-order valence-electron chi connectivity index (χ3n) is 3.72. The van der Waals surface area contributed by atoms with Crippen LogP contribution in [0.15, 0.2) is 12.5 Å². The second-order valence-electron chi connectivity index (χ2n) is 5.13. The highest BCUT2D eigenvalue weighted by molar-refractivity contribution is 8.00. The van der Waals surface area contributed by atoms with Crippen LogP contribution in [0.3, 0.4) is 0 Å². The van der Waals surface area contributed by atoms with Gasteiger partial charge in [0.15, 0.2) is 0 Å². The first kappa shape index (κ1) is 15.7. The Morgan fingerprint density at radius 1 is 1.62 bits per heavy atom. The summed E-state index contributed by atoms with van der Waals surface area (Å²) >= 11 is 1.83. The Labute approximate surface area is 127 Å². The normalized spacial score (nSPS) is 23.6. The summed E-state index contributed by atoms with van der Waals surface area (Å²) in [5.41, 5.74) is 0.679. The zero-order valence-corrected chi connectivity index (χ0v) is 12.9. The van der Waals surface area contributed by atoms with Crippen molar-refractivity contribution < 1.29 is 14.7 Å². The number of nitrogens with zero attached hydrogens (tertiary/aromatic N) is 2. The van der Waals surface area contributed by atoms with Crippen molar-refractivity contribution in [1.29, 1.82) is 0 Å². The van der Waals surface area contributed by atoms with E-state index in [-0.39, 0.29) is 18.5 Å². The highest BCUT2D eigenvalue weighted by atomic mass is 32.2. The molecule has 2 heterocycles. The molecule has 2 amide bonds. The van der Waals surface area contributed by atoms with Gasteiger partial charge in [0.25, 0.3) is 0 Å². The predicted octanol–water partition coefficient (Wildman–Crippen LogP) is 0.941. The highest BCUT2D eigenvalue weighted by Crippen LogP contribution is 2.24. The average molecular weight is 312 g/mol. The molecule has 8 heteroatoms. The number of nitrogens with one attached hydrogen (secondary N) is 2. The summed E-state index contributed by atoms with van der Waals surface area (Å²) in [5, 5.41) is 12.2. The van der Waals surface area contributed by atoms with E-state index < -0.39 is 12.0 Å². The molecular formula is C13H20N4O3S. The molecule has 1 aromatic rings. The SMILES string of the molecule is CC1SCCN(C(=O)N[C@H](Cc2cnc[nH]2)C(=O)O)C1C. The van der Waals surface area contributed by atoms with Gasteiger partial charge in [0.05, 0.1) is 6.33 Å². The molecule has 1 aliphatic rings. The Balaban J connectivity index is 1.99. The Morgan fingerprint density at radius 2 is 2.38 bits per heavy atom. The van der Waals surface area contributed by atoms with Gasteiger partial charge in [-0.2, -0.15) is 11.8 Å². The molecule has 7 nitrogen and oxygen atoms in total. The van der Waals surface area contributed by atoms with Gasteiger partial charge in [0.1, 0.15) is 6.04 Å². The van der Waals surface area contributed by atoms with E-state index in [1.165, 1.54) is 6.33 Å². The molecule has 1 saturated heterocycles. The van der Waals surface area contributed by atoms with E-state index in [4.69, 9.17) is 0 Å². The Kier molecular flexibility index (Phi) is 5.11. The van der Waals surface area contributed by atoms with Crippen molar-refractivity contribution >= 4 is 23.8 Å². The van der Waals surface area contributed by atoms with Crippen LogP contribution >= 0.6 is 11.8 Å². The smallest absolute Gasteiger partial charge is 0.326 e. The fourth-order valence-electron chi connectivity index (χ4n) is 2.27. The number of carboxylic acids is 1. The maximum Gasteiger partial charge on any atom is 0.326 e. The fraction of sp³-hybridized carbons (Fsp3) is 0.615. The maximum absolute atomic E-state index is 12.3. The topological polar surface area (TPSA) is 98.3 Å². The lowest BCUT2D eigenvalue weighted by Crippen LogP contribution is -2.55. The van der Waals surface area contributed by atoms with Gasteiger partial charge in [-0.1, -0.05) is 6.92 Å². The van der Waals surface area contributed by atoms with Crippen LogP contribution in [0, 0.1) is 0 Å². The molecule has 0 bridgehead atoms. The zero-order valence-electron chi connectivity index (χ0n) is 12.1. The summed E-state index contributed by atoms with van der Waals surface area (Å²) in [6, 6.07) is -1.19. The standard InChI is InChI=1S/C13H20N4O3S/c1-8-9(2)21-4-3-17(8)13(20)16-11(12(18)19)5-10-6-14-7-15-10/h6-9,11H,3-5H2,1-2H3,(H,14,15)(H,16,20)(H,18,19)/t8?,9?,11-/m1/s1. The van der Waals surface area contributed by atoms with Crippen molar-refractivity contribution in [1.82, 2.24) is 20.2 Å². The van der Waals surface area contributed by atoms with Gasteiger partial charge in [0.2, 0.25) is 0 Å². The largest absolute Gasteiger partial charge is 0.480 e. The lowest BCUT2D eigenvalue weighted by atomic mass is 10.1. The van der Waals surface area contributed by atoms with Crippen molar-refractivity contribution in [2.45, 2.75) is 37.6 Å². The minimum Gasteiger partial charge on any atom is -0.480 e. The molecule has 0 spiro atoms. The van der Waals surface area contributed by atoms with Gasteiger partial charge in [-0.25, -0.2) is 14.6 Å². The van der Waals surface area contributed by atoms with Crippen molar-refractivity contribution in [3.8, 4) is 0 Å². The summed E-state index contributed by atoms with van der Waals surface area (Å²) in [6.07, 6.45) is 3.24. The first-order chi connectivity index (χ1) is 9.99. The fourth-order valence-corrected chi connectivity index (χ4v) is 3.37. The number of hydrogen-bond acceptors (Lipinski definition) is 4. The molecule has 3 N–H and O–H groups in total. The summed E-state index contributed by atoms with van der Waals surface area (Å²) < 4.78 is 0. The molecule has 1 aliphatic heterocycles. The number of rotatable bonds is 4. The first-order valence-corrected chi connectivity index (χ1v) is 7.92. The minimum atomic E-state index is -1.05. The van der Waals surface area contributed by atoms with E-state index in [1.807, 2.05) is 18.7 Å². The number of H-pyrrole nitrogens is 1. The first-order valence-electron chi connectivity index (χ1n) is 6.88. The molecule has 1 fully saturated rings. The van der Waals surface area contributed by atoms with Crippen LogP contribution in [0.25, 0.3) is 0 Å². The zero-order chi connectivity index (χ0) is 15.4. The number of carbonyl (C=O) groups is 2. The number of aliphatic carboxylic acids is 1. The molecule has 116 valence electrons. The monoisotopic (exact) mass is 312 g/mol. The number of carboxylic acid groups (broad SMARTS) is 1. The number of urea groups is 1. The molecule has 0 aromatic carbocycles. The number of amides is 2. The minimum absolute atomic E-state index is 0.0883. The van der Waals surface area contributed by atoms with Gasteiger partial charge >= 0.3 is 12.0 Å². The molecule has 0 aliphatic carbocycles. The second kappa shape index (κ2) is 6.84. The number of carbonyl (C=O) groups excluding carboxylic acids is 1. The van der Waals surface area contributed by atoms with Crippen molar-refractivity contribution in [2.24, 2.45) is 0 Å². The van der Waals surface area contributed by atoms with Crippen LogP contribution < -0.4 is 5.32 Å². The van der Waals surface area contributed by atoms with Crippen molar-refractivity contribution in [2.75, 3.05) is 12.3 Å². The molecule has 2 unspecified atom stereocenters. The van der Waals surface area contributed by atoms with Crippen LogP contribution in [0.5, 0.6) is 0 Å². The van der Waals surface area contributed by atoms with Gasteiger partial charge in [-0.15, -0.1) is 0 Å². The van der Waals surface area contributed by atoms with Gasteiger partial charge in [-0.05, 0) is 6.92 Å². The molecule has 3 atom stereocenters. The quantitative estimate of drug-likeness (QED) is 0.768. The van der Waals surface area contributed by atoms with E-state index in [9.17, 15) is 14.7 Å². The molecule has 21 heavy (non-hydrogen) atoms. The van der Waals surface area contributed by atoms with Crippen LogP contribution in [-0.2, 0) is 11.2 Å². The number of hydrogen-bond donors (Lipinski definition) is 3. The van der Waals surface area contributed by atoms with Crippen LogP contribution in [0.2, 0.25) is 0 Å². The van der Waals surface area contributed by atoms with E-state index in [0.717, 1.165) is 5.75 Å². The molecular weight excluding hydrogens is 292 g/mol. The molecule has 0 radical (unpaired) electrons. The van der Waals surface area contributed by atoms with E-state index in [0.29, 0.717) is 17.5 Å². The third-order valence-corrected chi connectivity index (χ3v) is 5.06. The summed E-state index contributed by atoms with van der Waals surface area (Å²) in [6.45, 7) is 4.70. The van der Waals surface area contributed by atoms with E-state index >= 15 is 0 Å². The Hall–Kier alpha value is -1.70. The lowest BCUT2D eigenvalue weighted by Gasteiger charge is -2.37. The van der Waals surface area contributed by atoms with Crippen molar-refractivity contribution in [3.63, 3.8) is 0 Å². The van der Waals surface area contributed by atoms with Crippen molar-refractivity contribution in [3.05, 3.63) is 18.2 Å². The number of thioether (sulfide) groups is 1. The van der Waals surface area contributed by atoms with Gasteiger partial charge in [-0.3, -0.25) is 0 Å². The Morgan fingerprint density at radius 3 is 3.00 bits per heavy atom. The highest BCUT2D eigenvalue weighted by Gasteiger charge is 2.31. The van der Waals surface area contributed by atoms with Crippen LogP contribution in [0.1, 0.15) is 19.5 Å². The third kappa shape index (κ3) is 3.90. The van der Waals surface area contributed by atoms with Gasteiger partial charge in [0, 0.05) is 41.9 Å². The van der Waals surface area contributed by atoms with Gasteiger partial charge < -0.3 is 20.3 Å². The summed E-state index contributed by atoms with van der Waals surface area (Å²) in [4.78, 5) is 32.0. The lowest BCUT2D eigenvalue weighted by molar-refractivity contribution is -0.139. The maximum atomic E-state index is 12.3.